The molecule has 0 aliphatic carbocycles. The molecule has 0 aromatic carbocycles. The molecule has 17 heteroatoms. The van der Waals surface area contributed by atoms with Gasteiger partial charge in [0.15, 0.2) is 0 Å². The van der Waals surface area contributed by atoms with Gasteiger partial charge in [-0.2, -0.15) is 0 Å². The first kappa shape index (κ1) is 39.5. The van der Waals surface area contributed by atoms with Crippen LogP contribution in [0, 0.1) is 0 Å². The fourth-order valence-electron chi connectivity index (χ4n) is 0. The van der Waals surface area contributed by atoms with Crippen molar-refractivity contribution in [2.75, 3.05) is 0 Å². The van der Waals surface area contributed by atoms with E-state index in [1.165, 1.54) is 0 Å². The Morgan fingerprint density at radius 1 is 0.345 bits per heavy atom. The molecule has 0 aromatic heterocycles. The number of aliphatic hydroxyl groups excluding tert-OH is 4. The molecule has 180 valence electrons. The number of rotatable bonds is 4. The van der Waals surface area contributed by atoms with Crippen LogP contribution in [0.3, 0.4) is 0 Å². The molecule has 29 heavy (non-hydrogen) atoms. The van der Waals surface area contributed by atoms with Crippen molar-refractivity contribution in [3.05, 3.63) is 0 Å². The largest absolute Gasteiger partial charge is 0.364 e. The van der Waals surface area contributed by atoms with Gasteiger partial charge in [-0.05, 0) is 27.7 Å². The van der Waals surface area contributed by atoms with Crippen LogP contribution >= 0.6 is 0 Å². The zero-order valence-electron chi connectivity index (χ0n) is 16.0. The number of aliphatic hydroxyl groups is 16. The molecule has 0 rings (SSSR count). The van der Waals surface area contributed by atoms with Gasteiger partial charge in [0.05, 0.1) is 0 Å². The van der Waals surface area contributed by atoms with Gasteiger partial charge in [0.1, 0.15) is 0 Å². The number of hydrogen-bond donors (Lipinski definition) is 16. The van der Waals surface area contributed by atoms with E-state index in [1.54, 1.807) is 0 Å². The summed E-state index contributed by atoms with van der Waals surface area (Å²) in [5.41, 5.74) is 0. The van der Waals surface area contributed by atoms with E-state index in [1.807, 2.05) is 0 Å². The predicted molar refractivity (Wildman–Crippen MR) is 84.3 cm³/mol. The molecule has 16 nitrogen and oxygen atoms in total. The van der Waals surface area contributed by atoms with Gasteiger partial charge in [0.25, 0.3) is 0 Å². The van der Waals surface area contributed by atoms with Gasteiger partial charge in [-0.15, -0.1) is 0 Å². The molecule has 0 aliphatic rings. The molecule has 0 amide bonds. The van der Waals surface area contributed by atoms with Gasteiger partial charge in [-0.3, -0.25) is 0 Å². The zero-order chi connectivity index (χ0) is 24.3. The van der Waals surface area contributed by atoms with Crippen molar-refractivity contribution in [2.45, 2.75) is 76.0 Å². The van der Waals surface area contributed by atoms with Crippen LogP contribution in [0.15, 0.2) is 0 Å². The molecular weight excluding hydrogens is 448 g/mol. The van der Waals surface area contributed by atoms with Crippen LogP contribution in [-0.2, 0) is 21.7 Å². The first-order chi connectivity index (χ1) is 11.8. The summed E-state index contributed by atoms with van der Waals surface area (Å²) in [5, 5.41) is 129. The van der Waals surface area contributed by atoms with Crippen molar-refractivity contribution in [3.8, 4) is 0 Å². The third-order valence-corrected chi connectivity index (χ3v) is 1.96. The Bertz CT molecular complexity index is 288. The molecule has 0 aliphatic heterocycles. The molecule has 0 unspecified atom stereocenters. The summed E-state index contributed by atoms with van der Waals surface area (Å²) < 4.78 is 0. The molecule has 0 radical (unpaired) electrons. The van der Waals surface area contributed by atoms with Crippen molar-refractivity contribution in [3.63, 3.8) is 0 Å². The zero-order valence-corrected chi connectivity index (χ0v) is 17.5. The fourth-order valence-corrected chi connectivity index (χ4v) is 0. The van der Waals surface area contributed by atoms with E-state index >= 15 is 0 Å². The van der Waals surface area contributed by atoms with Crippen molar-refractivity contribution < 1.29 is 103 Å². The topological polar surface area (TPSA) is 324 Å². The SMILES string of the molecule is CC(O)(O)C(O)O.CC(O)(O)C(O)O.CC(O)(O)C(O)O.CC(O)(O)C(O)O.[Ti]. The molecule has 0 heterocycles. The Kier molecular flexibility index (Phi) is 21.6. The molecule has 0 saturated heterocycles. The van der Waals surface area contributed by atoms with Gasteiger partial charge in [-0.25, -0.2) is 0 Å². The third-order valence-electron chi connectivity index (χ3n) is 1.96. The van der Waals surface area contributed by atoms with E-state index in [4.69, 9.17) is 81.7 Å². The molecule has 0 fully saturated rings. The van der Waals surface area contributed by atoms with Crippen LogP contribution in [0.1, 0.15) is 27.7 Å². The van der Waals surface area contributed by atoms with E-state index in [9.17, 15) is 0 Å². The van der Waals surface area contributed by atoms with E-state index in [2.05, 4.69) is 0 Å². The molecule has 0 saturated carbocycles. The van der Waals surface area contributed by atoms with Gasteiger partial charge in [-0.1, -0.05) is 0 Å². The third kappa shape index (κ3) is 32.9. The van der Waals surface area contributed by atoms with Crippen molar-refractivity contribution in [2.24, 2.45) is 0 Å². The van der Waals surface area contributed by atoms with Crippen LogP contribution in [-0.4, -0.2) is 130 Å². The van der Waals surface area contributed by atoms with Gasteiger partial charge in [0.2, 0.25) is 48.3 Å². The average Bonchev–Trinajstić information content (AvgIpc) is 2.35. The van der Waals surface area contributed by atoms with Crippen molar-refractivity contribution >= 4 is 0 Å². The molecule has 0 atom stereocenters. The van der Waals surface area contributed by atoms with Crippen LogP contribution in [0.25, 0.3) is 0 Å². The normalized spacial score (nSPS) is 12.4. The Morgan fingerprint density at radius 3 is 0.379 bits per heavy atom. The summed E-state index contributed by atoms with van der Waals surface area (Å²) in [4.78, 5) is 0. The average molecular weight is 480 g/mol. The molecule has 0 spiro atoms. The minimum Gasteiger partial charge on any atom is -0.364 e. The second kappa shape index (κ2) is 15.8. The van der Waals surface area contributed by atoms with E-state index in [0.717, 1.165) is 27.7 Å². The quantitative estimate of drug-likeness (QED) is 0.131. The van der Waals surface area contributed by atoms with Gasteiger partial charge < -0.3 is 81.7 Å². The van der Waals surface area contributed by atoms with E-state index < -0.39 is 48.3 Å². The summed E-state index contributed by atoms with van der Waals surface area (Å²) in [6, 6.07) is 0. The van der Waals surface area contributed by atoms with Crippen LogP contribution in [0.2, 0.25) is 0 Å². The van der Waals surface area contributed by atoms with E-state index in [0.29, 0.717) is 0 Å². The standard InChI is InChI=1S/4C3H8O4.Ti/c4*1-3(6,7)2(4)5;/h4*2,4-7H,1H3;. The van der Waals surface area contributed by atoms with Crippen LogP contribution in [0.5, 0.6) is 0 Å². The Labute approximate surface area is 179 Å². The Balaban J connectivity index is -0.0000000873. The maximum atomic E-state index is 8.15. The first-order valence-electron chi connectivity index (χ1n) is 7.01. The monoisotopic (exact) mass is 480 g/mol. The smallest absolute Gasteiger partial charge is 0.212 e. The maximum Gasteiger partial charge on any atom is 0.212 e. The predicted octanol–water partition coefficient (Wildman–Crippen LogP) is -8.01. The minimum atomic E-state index is -2.39. The van der Waals surface area contributed by atoms with Crippen molar-refractivity contribution in [1.29, 1.82) is 0 Å². The molecular formula is C12H32O16Ti. The minimum absolute atomic E-state index is 0. The van der Waals surface area contributed by atoms with Crippen molar-refractivity contribution in [1.82, 2.24) is 0 Å². The molecule has 0 aromatic rings. The van der Waals surface area contributed by atoms with E-state index in [-0.39, 0.29) is 21.7 Å². The summed E-state index contributed by atoms with van der Waals surface area (Å²) in [5.74, 6) is -9.56. The Hall–Kier alpha value is 0.0743. The summed E-state index contributed by atoms with van der Waals surface area (Å²) in [6.45, 7) is 3.49. The van der Waals surface area contributed by atoms with Crippen LogP contribution < -0.4 is 0 Å². The first-order valence-corrected chi connectivity index (χ1v) is 7.01. The second-order valence-electron chi connectivity index (χ2n) is 5.87. The molecule has 16 N–H and O–H groups in total. The number of hydrogen-bond acceptors (Lipinski definition) is 16. The molecule has 0 bridgehead atoms. The summed E-state index contributed by atoms with van der Waals surface area (Å²) >= 11 is 0. The Morgan fingerprint density at radius 2 is 0.379 bits per heavy atom. The maximum absolute atomic E-state index is 8.15. The van der Waals surface area contributed by atoms with Gasteiger partial charge in [0, 0.05) is 21.7 Å². The summed E-state index contributed by atoms with van der Waals surface area (Å²) in [6.07, 6.45) is -8.36. The van der Waals surface area contributed by atoms with Gasteiger partial charge >= 0.3 is 0 Å². The fraction of sp³-hybridized carbons (Fsp3) is 1.00. The second-order valence-corrected chi connectivity index (χ2v) is 5.87. The summed E-state index contributed by atoms with van der Waals surface area (Å²) in [7, 11) is 0. The van der Waals surface area contributed by atoms with Crippen LogP contribution in [0.4, 0.5) is 0 Å².